The Kier molecular flexibility index (Phi) is 17.0. The van der Waals surface area contributed by atoms with Crippen molar-refractivity contribution < 1.29 is 50.8 Å². The fourth-order valence-corrected chi connectivity index (χ4v) is 3.68. The third kappa shape index (κ3) is 5.87. The van der Waals surface area contributed by atoms with Gasteiger partial charge in [0.1, 0.15) is 18.3 Å². The first kappa shape index (κ1) is 36.5. The van der Waals surface area contributed by atoms with Gasteiger partial charge >= 0.3 is 0 Å². The number of ether oxygens (including phenoxy) is 3. The number of aliphatic hydroxyl groups is 3. The molecule has 0 radical (unpaired) electrons. The summed E-state index contributed by atoms with van der Waals surface area (Å²) in [6.45, 7) is 1.70. The molecule has 3 fully saturated rings. The molecule has 29 heavy (non-hydrogen) atoms. The van der Waals surface area contributed by atoms with Crippen molar-refractivity contribution in [3.05, 3.63) is 0 Å². The minimum Gasteiger partial charge on any atom is -0.412 e. The molecule has 3 aliphatic rings. The lowest BCUT2D eigenvalue weighted by Crippen LogP contribution is -2.77. The molecule has 15 heteroatoms. The number of halogens is 3. The molecular formula is C14H33Cl3N2O10. The highest BCUT2D eigenvalue weighted by molar-refractivity contribution is 5.87. The summed E-state index contributed by atoms with van der Waals surface area (Å²) < 4.78 is 16.8. The van der Waals surface area contributed by atoms with Gasteiger partial charge in [0, 0.05) is 6.42 Å². The standard InChI is InChI=1S/C14H24N2O7.3ClH.3H2O/c1-5-4-6(17)14(20)13(21-5)22-12-10(19)7(15-2)9(18)8(16-3)11(12)23-14;;;;;;/h5,7-13,15-16,18-20H,4H2,1-3H3;3*1H;3*1H2/t5-,7-,8+,9+,10+,11-,12-,13+,14+;;;;;;/m1....../s1. The maximum Gasteiger partial charge on any atom is 0.280 e. The first-order chi connectivity index (χ1) is 10.8. The molecule has 2 heterocycles. The molecule has 0 unspecified atom stereocenters. The van der Waals surface area contributed by atoms with Crippen molar-refractivity contribution >= 4 is 43.0 Å². The van der Waals surface area contributed by atoms with Crippen molar-refractivity contribution in [1.82, 2.24) is 10.6 Å². The Morgan fingerprint density at radius 1 is 0.931 bits per heavy atom. The molecule has 0 aromatic heterocycles. The minimum absolute atomic E-state index is 0. The van der Waals surface area contributed by atoms with Crippen molar-refractivity contribution in [2.75, 3.05) is 14.1 Å². The highest BCUT2D eigenvalue weighted by atomic mass is 35.5. The molecule has 2 saturated heterocycles. The number of likely N-dealkylation sites (N-methyl/N-ethyl adjacent to an activating group) is 2. The Morgan fingerprint density at radius 2 is 1.45 bits per heavy atom. The van der Waals surface area contributed by atoms with Gasteiger partial charge in [-0.3, -0.25) is 4.79 Å². The summed E-state index contributed by atoms with van der Waals surface area (Å²) in [6.07, 6.45) is -5.58. The second kappa shape index (κ2) is 13.5. The van der Waals surface area contributed by atoms with Crippen LogP contribution in [0.25, 0.3) is 0 Å². The Balaban J connectivity index is -0.000000521. The van der Waals surface area contributed by atoms with Crippen molar-refractivity contribution in [1.29, 1.82) is 0 Å². The first-order valence-electron chi connectivity index (χ1n) is 7.78. The van der Waals surface area contributed by atoms with Crippen LogP contribution in [0.3, 0.4) is 0 Å². The number of hydrogen-bond acceptors (Lipinski definition) is 9. The number of nitrogens with one attached hydrogen (secondary N) is 2. The number of rotatable bonds is 2. The van der Waals surface area contributed by atoms with Crippen LogP contribution in [0.4, 0.5) is 0 Å². The summed E-state index contributed by atoms with van der Waals surface area (Å²) in [5.74, 6) is -2.76. The normalized spacial score (nSPS) is 42.5. The summed E-state index contributed by atoms with van der Waals surface area (Å²) in [5, 5.41) is 37.2. The lowest BCUT2D eigenvalue weighted by atomic mass is 9.80. The third-order valence-electron chi connectivity index (χ3n) is 4.93. The number of aliphatic hydroxyl groups excluding tert-OH is 2. The SMILES string of the molecule is CN[C@@H]1[C@H](O)[C@H](NC)[C@H]2O[C@@]3(O)C(=O)C[C@@H](C)O[C@H]3O[C@@H]2[C@H]1O.Cl.Cl.Cl.O.O.O. The monoisotopic (exact) mass is 494 g/mol. The van der Waals surface area contributed by atoms with Gasteiger partial charge in [-0.05, 0) is 21.0 Å². The van der Waals surface area contributed by atoms with Crippen LogP contribution in [0, 0.1) is 0 Å². The zero-order valence-corrected chi connectivity index (χ0v) is 18.5. The topological polar surface area (TPSA) is 224 Å². The van der Waals surface area contributed by atoms with E-state index in [1.54, 1.807) is 21.0 Å². The molecule has 11 N–H and O–H groups in total. The van der Waals surface area contributed by atoms with Gasteiger partial charge in [-0.15, -0.1) is 37.2 Å². The van der Waals surface area contributed by atoms with Gasteiger partial charge in [0.05, 0.1) is 24.3 Å². The number of carbonyl (C=O) groups is 1. The number of hydrogen-bond donors (Lipinski definition) is 5. The van der Waals surface area contributed by atoms with E-state index >= 15 is 0 Å². The second-order valence-electron chi connectivity index (χ2n) is 6.40. The molecule has 1 aliphatic carbocycles. The van der Waals surface area contributed by atoms with Crippen LogP contribution < -0.4 is 10.6 Å². The molecule has 0 spiro atoms. The molecule has 1 saturated carbocycles. The number of ketones is 1. The van der Waals surface area contributed by atoms with Gasteiger partial charge < -0.3 is 56.6 Å². The largest absolute Gasteiger partial charge is 0.412 e. The van der Waals surface area contributed by atoms with Crippen LogP contribution in [0.1, 0.15) is 13.3 Å². The molecule has 0 aromatic carbocycles. The fourth-order valence-electron chi connectivity index (χ4n) is 3.68. The smallest absolute Gasteiger partial charge is 0.280 e. The van der Waals surface area contributed by atoms with E-state index in [4.69, 9.17) is 14.2 Å². The second-order valence-corrected chi connectivity index (χ2v) is 6.40. The zero-order valence-electron chi connectivity index (χ0n) is 16.0. The van der Waals surface area contributed by atoms with E-state index in [-0.39, 0.29) is 60.1 Å². The predicted molar refractivity (Wildman–Crippen MR) is 109 cm³/mol. The number of carbonyl (C=O) groups excluding carboxylic acids is 1. The third-order valence-corrected chi connectivity index (χ3v) is 4.93. The molecule has 180 valence electrons. The van der Waals surface area contributed by atoms with Crippen molar-refractivity contribution in [3.8, 4) is 0 Å². The Morgan fingerprint density at radius 3 is 1.93 bits per heavy atom. The molecule has 0 amide bonds. The quantitative estimate of drug-likeness (QED) is 0.250. The van der Waals surface area contributed by atoms with Gasteiger partial charge in [0.15, 0.2) is 5.78 Å². The van der Waals surface area contributed by atoms with E-state index in [0.717, 1.165) is 0 Å². The molecule has 0 aromatic rings. The van der Waals surface area contributed by atoms with E-state index in [0.29, 0.717) is 0 Å². The highest BCUT2D eigenvalue weighted by Gasteiger charge is 2.63. The highest BCUT2D eigenvalue weighted by Crippen LogP contribution is 2.40. The van der Waals surface area contributed by atoms with Crippen molar-refractivity contribution in [3.63, 3.8) is 0 Å². The maximum absolute atomic E-state index is 12.2. The molecule has 0 bridgehead atoms. The zero-order chi connectivity index (χ0) is 16.9. The summed E-state index contributed by atoms with van der Waals surface area (Å²) >= 11 is 0. The van der Waals surface area contributed by atoms with E-state index < -0.39 is 60.5 Å². The number of fused-ring (bicyclic) bond motifs is 2. The summed E-state index contributed by atoms with van der Waals surface area (Å²) in [6, 6.07) is -1.29. The lowest BCUT2D eigenvalue weighted by Gasteiger charge is -2.55. The van der Waals surface area contributed by atoms with E-state index in [9.17, 15) is 20.1 Å². The predicted octanol–water partition coefficient (Wildman–Crippen LogP) is -4.13. The summed E-state index contributed by atoms with van der Waals surface area (Å²) in [5.41, 5.74) is 0. The van der Waals surface area contributed by atoms with Gasteiger partial charge in [-0.2, -0.15) is 0 Å². The van der Waals surface area contributed by atoms with Gasteiger partial charge in [-0.25, -0.2) is 0 Å². The molecule has 2 aliphatic heterocycles. The van der Waals surface area contributed by atoms with E-state index in [1.807, 2.05) is 0 Å². The molecule has 3 rings (SSSR count). The maximum atomic E-state index is 12.2. The fraction of sp³-hybridized carbons (Fsp3) is 0.929. The molecule has 9 atom stereocenters. The number of Topliss-reactive ketones (excluding diaryl/α,β-unsaturated/α-hetero) is 1. The average Bonchev–Trinajstić information content (AvgIpc) is 2.49. The summed E-state index contributed by atoms with van der Waals surface area (Å²) in [4.78, 5) is 12.2. The molecule has 12 nitrogen and oxygen atoms in total. The van der Waals surface area contributed by atoms with Crippen molar-refractivity contribution in [2.45, 2.75) is 68.0 Å². The Labute approximate surface area is 186 Å². The van der Waals surface area contributed by atoms with E-state index in [1.165, 1.54) is 0 Å². The van der Waals surface area contributed by atoms with Crippen LogP contribution in [0.15, 0.2) is 0 Å². The lowest BCUT2D eigenvalue weighted by molar-refractivity contribution is -0.420. The Bertz CT molecular complexity index is 497. The molecular weight excluding hydrogens is 463 g/mol. The Hall–Kier alpha value is 0.1000. The van der Waals surface area contributed by atoms with Gasteiger partial charge in [0.25, 0.3) is 5.79 Å². The average molecular weight is 496 g/mol. The van der Waals surface area contributed by atoms with Crippen molar-refractivity contribution in [2.24, 2.45) is 0 Å². The minimum atomic E-state index is -2.23. The van der Waals surface area contributed by atoms with Crippen LogP contribution in [-0.4, -0.2) is 106 Å². The van der Waals surface area contributed by atoms with Gasteiger partial charge in [0.2, 0.25) is 6.29 Å². The van der Waals surface area contributed by atoms with Crippen LogP contribution in [0.2, 0.25) is 0 Å². The van der Waals surface area contributed by atoms with E-state index in [2.05, 4.69) is 10.6 Å². The van der Waals surface area contributed by atoms with Crippen LogP contribution >= 0.6 is 37.2 Å². The summed E-state index contributed by atoms with van der Waals surface area (Å²) in [7, 11) is 3.24. The van der Waals surface area contributed by atoms with Crippen LogP contribution in [0.5, 0.6) is 0 Å². The van der Waals surface area contributed by atoms with Gasteiger partial charge in [-0.1, -0.05) is 0 Å². The van der Waals surface area contributed by atoms with Crippen LogP contribution in [-0.2, 0) is 19.0 Å². The first-order valence-corrected chi connectivity index (χ1v) is 7.78.